The number of fused-ring (bicyclic) bond motifs is 1. The number of carbonyl (C=O) groups is 3. The van der Waals surface area contributed by atoms with Crippen LogP contribution in [0.2, 0.25) is 0 Å². The lowest BCUT2D eigenvalue weighted by Gasteiger charge is -2.37. The maximum absolute atomic E-state index is 13.6. The number of ether oxygens (including phenoxy) is 1. The van der Waals surface area contributed by atoms with Gasteiger partial charge in [0.05, 0.1) is 24.2 Å². The van der Waals surface area contributed by atoms with E-state index in [1.165, 1.54) is 0 Å². The minimum Gasteiger partial charge on any atom is -0.485 e. The van der Waals surface area contributed by atoms with E-state index < -0.39 is 47.8 Å². The number of benzene rings is 2. The Hall–Kier alpha value is -2.81. The summed E-state index contributed by atoms with van der Waals surface area (Å²) in [5.74, 6) is -0.558. The molecule has 0 aliphatic heterocycles. The van der Waals surface area contributed by atoms with Crippen molar-refractivity contribution in [2.45, 2.75) is 77.0 Å². The average Bonchev–Trinajstić information content (AvgIpc) is 2.93. The van der Waals surface area contributed by atoms with Crippen molar-refractivity contribution in [3.63, 3.8) is 0 Å². The van der Waals surface area contributed by atoms with E-state index >= 15 is 0 Å². The second kappa shape index (κ2) is 13.8. The van der Waals surface area contributed by atoms with Crippen molar-refractivity contribution < 1.29 is 29.3 Å². The number of amides is 1. The van der Waals surface area contributed by atoms with Gasteiger partial charge in [0.15, 0.2) is 5.78 Å². The summed E-state index contributed by atoms with van der Waals surface area (Å²) < 4.78 is 5.91. The third-order valence-corrected chi connectivity index (χ3v) is 8.05. The summed E-state index contributed by atoms with van der Waals surface area (Å²) >= 11 is 0. The van der Waals surface area contributed by atoms with Crippen molar-refractivity contribution >= 4 is 28.7 Å². The zero-order chi connectivity index (χ0) is 27.7. The summed E-state index contributed by atoms with van der Waals surface area (Å²) in [6.07, 6.45) is 5.14. The Morgan fingerprint density at radius 3 is 2.47 bits per heavy atom. The minimum atomic E-state index is -1.50. The molecule has 2 aromatic rings. The first-order valence-corrected chi connectivity index (χ1v) is 13.7. The number of carbonyl (C=O) groups excluding carboxylic acids is 3. The minimum absolute atomic E-state index is 0.155. The third kappa shape index (κ3) is 7.18. The molecule has 8 heteroatoms. The van der Waals surface area contributed by atoms with Crippen molar-refractivity contribution in [3.8, 4) is 5.75 Å². The highest BCUT2D eigenvalue weighted by molar-refractivity contribution is 5.99. The standard InChI is InChI=1S/C30H42N2O6/c1-20(2)30(19-34,28(36)18-38-27-14-8-12-22-11-6-7-13-23(22)27)16-26(35)25(32-29(37)24(31)17-33)15-21-9-4-3-5-10-21/h6-8,11-14,19-21,24-26,33,35H,3-5,9-10,15-18,31H2,1-2H3,(H,32,37)/t24-,25-,26-,30+/m0/s1. The summed E-state index contributed by atoms with van der Waals surface area (Å²) in [6.45, 7) is 2.69. The molecule has 0 aromatic heterocycles. The molecular weight excluding hydrogens is 484 g/mol. The maximum atomic E-state index is 13.6. The topological polar surface area (TPSA) is 139 Å². The van der Waals surface area contributed by atoms with Gasteiger partial charge in [0.25, 0.3) is 0 Å². The van der Waals surface area contributed by atoms with Crippen LogP contribution < -0.4 is 15.8 Å². The number of hydrogen-bond acceptors (Lipinski definition) is 7. The number of ketones is 1. The number of Topliss-reactive ketones (excluding diaryl/α,β-unsaturated/α-hetero) is 1. The zero-order valence-electron chi connectivity index (χ0n) is 22.5. The third-order valence-electron chi connectivity index (χ3n) is 8.05. The normalized spacial score (nSPS) is 18.4. The van der Waals surface area contributed by atoms with Crippen molar-refractivity contribution in [2.24, 2.45) is 23.0 Å². The molecule has 0 bridgehead atoms. The Balaban J connectivity index is 1.79. The fourth-order valence-electron chi connectivity index (χ4n) is 5.48. The van der Waals surface area contributed by atoms with E-state index in [0.717, 1.165) is 42.9 Å². The van der Waals surface area contributed by atoms with Crippen molar-refractivity contribution in [2.75, 3.05) is 13.2 Å². The van der Waals surface area contributed by atoms with Gasteiger partial charge in [-0.05, 0) is 36.1 Å². The van der Waals surface area contributed by atoms with Gasteiger partial charge in [0.2, 0.25) is 5.91 Å². The smallest absolute Gasteiger partial charge is 0.239 e. The number of nitrogens with one attached hydrogen (secondary N) is 1. The van der Waals surface area contributed by atoms with Crippen LogP contribution in [0.4, 0.5) is 0 Å². The molecular formula is C30H42N2O6. The summed E-state index contributed by atoms with van der Waals surface area (Å²) in [6, 6.07) is 11.4. The zero-order valence-corrected chi connectivity index (χ0v) is 22.5. The summed E-state index contributed by atoms with van der Waals surface area (Å²) in [7, 11) is 0. The van der Waals surface area contributed by atoms with Crippen LogP contribution in [-0.4, -0.2) is 59.6 Å². The molecule has 0 spiro atoms. The van der Waals surface area contributed by atoms with Gasteiger partial charge in [-0.15, -0.1) is 0 Å². The van der Waals surface area contributed by atoms with E-state index in [2.05, 4.69) is 5.32 Å². The SMILES string of the molecule is CC(C)[C@](C=O)(C[C@H](O)[C@H](CC1CCCCC1)NC(=O)[C@@H](N)CO)C(=O)COc1cccc2ccccc12. The molecule has 8 nitrogen and oxygen atoms in total. The largest absolute Gasteiger partial charge is 0.485 e. The van der Waals surface area contributed by atoms with Gasteiger partial charge in [0.1, 0.15) is 24.7 Å². The predicted molar refractivity (Wildman–Crippen MR) is 147 cm³/mol. The predicted octanol–water partition coefficient (Wildman–Crippen LogP) is 3.15. The van der Waals surface area contributed by atoms with Gasteiger partial charge >= 0.3 is 0 Å². The molecule has 5 N–H and O–H groups in total. The molecule has 0 saturated heterocycles. The molecule has 4 atom stereocenters. The maximum Gasteiger partial charge on any atom is 0.239 e. The van der Waals surface area contributed by atoms with Gasteiger partial charge in [-0.25, -0.2) is 0 Å². The van der Waals surface area contributed by atoms with E-state index in [-0.39, 0.29) is 13.0 Å². The molecule has 0 heterocycles. The number of aliphatic hydroxyl groups is 2. The van der Waals surface area contributed by atoms with Crippen molar-refractivity contribution in [3.05, 3.63) is 42.5 Å². The van der Waals surface area contributed by atoms with Crippen LogP contribution in [0, 0.1) is 17.3 Å². The lowest BCUT2D eigenvalue weighted by Crippen LogP contribution is -2.54. The Bertz CT molecular complexity index is 1080. The Kier molecular flexibility index (Phi) is 10.8. The summed E-state index contributed by atoms with van der Waals surface area (Å²) in [5.41, 5.74) is 4.21. The van der Waals surface area contributed by atoms with E-state index in [1.54, 1.807) is 19.9 Å². The second-order valence-corrected chi connectivity index (χ2v) is 10.9. The summed E-state index contributed by atoms with van der Waals surface area (Å²) in [4.78, 5) is 38.6. The Morgan fingerprint density at radius 2 is 1.82 bits per heavy atom. The van der Waals surface area contributed by atoms with E-state index in [4.69, 9.17) is 10.5 Å². The van der Waals surface area contributed by atoms with Gasteiger partial charge in [-0.1, -0.05) is 82.3 Å². The van der Waals surface area contributed by atoms with Crippen molar-refractivity contribution in [1.29, 1.82) is 0 Å². The first-order valence-electron chi connectivity index (χ1n) is 13.7. The van der Waals surface area contributed by atoms with Crippen molar-refractivity contribution in [1.82, 2.24) is 5.32 Å². The molecule has 0 radical (unpaired) electrons. The molecule has 2 aromatic carbocycles. The van der Waals surface area contributed by atoms with E-state index in [9.17, 15) is 24.6 Å². The van der Waals surface area contributed by atoms with Crippen LogP contribution >= 0.6 is 0 Å². The fraction of sp³-hybridized carbons (Fsp3) is 0.567. The van der Waals surface area contributed by atoms with Crippen LogP contribution in [0.1, 0.15) is 58.8 Å². The number of nitrogens with two attached hydrogens (primary N) is 1. The highest BCUT2D eigenvalue weighted by atomic mass is 16.5. The molecule has 208 valence electrons. The van der Waals surface area contributed by atoms with Crippen LogP contribution in [0.15, 0.2) is 42.5 Å². The molecule has 0 unspecified atom stereocenters. The molecule has 1 fully saturated rings. The fourth-order valence-corrected chi connectivity index (χ4v) is 5.48. The average molecular weight is 527 g/mol. The van der Waals surface area contributed by atoms with Gasteiger partial charge in [-0.3, -0.25) is 9.59 Å². The van der Waals surface area contributed by atoms with E-state index in [0.29, 0.717) is 24.4 Å². The molecule has 1 aliphatic carbocycles. The number of hydrogen-bond donors (Lipinski definition) is 4. The Morgan fingerprint density at radius 1 is 1.13 bits per heavy atom. The van der Waals surface area contributed by atoms with Crippen LogP contribution in [0.25, 0.3) is 10.8 Å². The molecule has 1 aliphatic rings. The monoisotopic (exact) mass is 526 g/mol. The highest BCUT2D eigenvalue weighted by Crippen LogP contribution is 2.36. The highest BCUT2D eigenvalue weighted by Gasteiger charge is 2.45. The second-order valence-electron chi connectivity index (χ2n) is 10.9. The van der Waals surface area contributed by atoms with Crippen LogP contribution in [-0.2, 0) is 14.4 Å². The molecule has 3 rings (SSSR count). The van der Waals surface area contributed by atoms with Crippen LogP contribution in [0.3, 0.4) is 0 Å². The van der Waals surface area contributed by atoms with Gasteiger partial charge in [-0.2, -0.15) is 0 Å². The van der Waals surface area contributed by atoms with Gasteiger partial charge in [0, 0.05) is 5.39 Å². The number of aldehydes is 1. The first-order chi connectivity index (χ1) is 18.2. The molecule has 38 heavy (non-hydrogen) atoms. The van der Waals surface area contributed by atoms with E-state index in [1.807, 2.05) is 36.4 Å². The quantitative estimate of drug-likeness (QED) is 0.219. The molecule has 1 saturated carbocycles. The first kappa shape index (κ1) is 29.7. The van der Waals surface area contributed by atoms with Gasteiger partial charge < -0.3 is 30.8 Å². The molecule has 1 amide bonds. The summed E-state index contributed by atoms with van der Waals surface area (Å²) in [5, 5.41) is 25.3. The number of aliphatic hydroxyl groups excluding tert-OH is 2. The Labute approximate surface area is 224 Å². The lowest BCUT2D eigenvalue weighted by molar-refractivity contribution is -0.142. The van der Waals surface area contributed by atoms with Crippen LogP contribution in [0.5, 0.6) is 5.75 Å². The number of rotatable bonds is 14. The lowest BCUT2D eigenvalue weighted by atomic mass is 9.69.